The van der Waals surface area contributed by atoms with Gasteiger partial charge >= 0.3 is 0 Å². The van der Waals surface area contributed by atoms with Gasteiger partial charge in [-0.3, -0.25) is 9.69 Å². The molecule has 1 aliphatic heterocycles. The number of Topliss-reactive ketones (excluding diaryl/α,β-unsaturated/α-hetero) is 1. The number of aromatic nitrogens is 3. The van der Waals surface area contributed by atoms with Crippen LogP contribution in [0, 0.1) is 0 Å². The normalized spacial score (nSPS) is 14.4. The second-order valence-electron chi connectivity index (χ2n) is 7.12. The Morgan fingerprint density at radius 1 is 1.03 bits per heavy atom. The molecule has 3 heterocycles. The maximum atomic E-state index is 12.7. The van der Waals surface area contributed by atoms with E-state index in [9.17, 15) is 4.79 Å². The number of carbonyl (C=O) groups excluding carboxylic acids is 1. The van der Waals surface area contributed by atoms with Gasteiger partial charge in [0, 0.05) is 31.9 Å². The third-order valence-electron chi connectivity index (χ3n) is 4.86. The van der Waals surface area contributed by atoms with Crippen molar-refractivity contribution in [3.8, 4) is 0 Å². The lowest BCUT2D eigenvalue weighted by atomic mass is 10.0. The van der Waals surface area contributed by atoms with Crippen molar-refractivity contribution in [1.29, 1.82) is 0 Å². The molecular formula is C22H21Cl2N5O2. The Kier molecular flexibility index (Phi) is 7.09. The minimum Gasteiger partial charge on any atom is -0.379 e. The number of carbonyl (C=O) groups is 1. The second kappa shape index (κ2) is 10.2. The zero-order chi connectivity index (χ0) is 21.6. The summed E-state index contributed by atoms with van der Waals surface area (Å²) >= 11 is 12.3. The number of anilines is 2. The van der Waals surface area contributed by atoms with Crippen molar-refractivity contribution in [2.75, 3.05) is 31.6 Å². The molecule has 0 radical (unpaired) electrons. The monoisotopic (exact) mass is 457 g/mol. The van der Waals surface area contributed by atoms with Crippen LogP contribution in [0.1, 0.15) is 21.7 Å². The quantitative estimate of drug-likeness (QED) is 0.532. The fourth-order valence-corrected chi connectivity index (χ4v) is 3.93. The van der Waals surface area contributed by atoms with Gasteiger partial charge in [-0.15, -0.1) is 0 Å². The molecule has 2 aromatic heterocycles. The molecule has 9 heteroatoms. The molecule has 1 aliphatic rings. The molecule has 0 amide bonds. The SMILES string of the molecule is O=C(Cc1ccnc(Nc2ccnc(CN3CCOCC3)n2)c1)c1c(Cl)cccc1Cl. The number of nitrogens with one attached hydrogen (secondary N) is 1. The van der Waals surface area contributed by atoms with Crippen molar-refractivity contribution in [1.82, 2.24) is 19.9 Å². The summed E-state index contributed by atoms with van der Waals surface area (Å²) in [5.74, 6) is 1.81. The lowest BCUT2D eigenvalue weighted by Gasteiger charge is -2.25. The molecule has 31 heavy (non-hydrogen) atoms. The summed E-state index contributed by atoms with van der Waals surface area (Å²) in [6.07, 6.45) is 3.53. The molecule has 1 N–H and O–H groups in total. The number of nitrogens with zero attached hydrogens (tertiary/aromatic N) is 4. The summed E-state index contributed by atoms with van der Waals surface area (Å²) in [4.78, 5) is 28.2. The van der Waals surface area contributed by atoms with Crippen molar-refractivity contribution in [3.63, 3.8) is 0 Å². The van der Waals surface area contributed by atoms with Gasteiger partial charge in [0.15, 0.2) is 5.78 Å². The molecule has 0 saturated carbocycles. The van der Waals surface area contributed by atoms with Gasteiger partial charge in [-0.25, -0.2) is 15.0 Å². The number of pyridine rings is 1. The molecule has 1 saturated heterocycles. The Morgan fingerprint density at radius 3 is 2.55 bits per heavy atom. The Morgan fingerprint density at radius 2 is 1.77 bits per heavy atom. The first kappa shape index (κ1) is 21.6. The second-order valence-corrected chi connectivity index (χ2v) is 7.93. The van der Waals surface area contributed by atoms with E-state index in [1.54, 1.807) is 42.7 Å². The molecule has 0 atom stereocenters. The maximum Gasteiger partial charge on any atom is 0.170 e. The van der Waals surface area contributed by atoms with E-state index in [0.29, 0.717) is 33.8 Å². The molecule has 160 valence electrons. The number of halogens is 2. The highest BCUT2D eigenvalue weighted by Crippen LogP contribution is 2.26. The van der Waals surface area contributed by atoms with E-state index in [1.165, 1.54) is 0 Å². The molecule has 7 nitrogen and oxygen atoms in total. The van der Waals surface area contributed by atoms with Crippen LogP contribution in [0.15, 0.2) is 48.8 Å². The van der Waals surface area contributed by atoms with Crippen LogP contribution in [0.3, 0.4) is 0 Å². The van der Waals surface area contributed by atoms with Gasteiger partial charge in [-0.05, 0) is 35.9 Å². The lowest BCUT2D eigenvalue weighted by molar-refractivity contribution is 0.0331. The first-order valence-electron chi connectivity index (χ1n) is 9.89. The average molecular weight is 458 g/mol. The highest BCUT2D eigenvalue weighted by atomic mass is 35.5. The number of morpholine rings is 1. The van der Waals surface area contributed by atoms with Crippen LogP contribution in [0.25, 0.3) is 0 Å². The summed E-state index contributed by atoms with van der Waals surface area (Å²) in [5, 5.41) is 3.88. The molecule has 3 aromatic rings. The highest BCUT2D eigenvalue weighted by Gasteiger charge is 2.16. The average Bonchev–Trinajstić information content (AvgIpc) is 2.75. The van der Waals surface area contributed by atoms with Crippen LogP contribution in [0.5, 0.6) is 0 Å². The number of benzene rings is 1. The summed E-state index contributed by atoms with van der Waals surface area (Å²) in [6, 6.07) is 10.4. The zero-order valence-electron chi connectivity index (χ0n) is 16.7. The van der Waals surface area contributed by atoms with E-state index in [1.807, 2.05) is 6.07 Å². The largest absolute Gasteiger partial charge is 0.379 e. The van der Waals surface area contributed by atoms with Crippen molar-refractivity contribution in [2.24, 2.45) is 0 Å². The zero-order valence-corrected chi connectivity index (χ0v) is 18.2. The summed E-state index contributed by atoms with van der Waals surface area (Å²) in [7, 11) is 0. The minimum atomic E-state index is -0.150. The number of ketones is 1. The van der Waals surface area contributed by atoms with Crippen molar-refractivity contribution in [2.45, 2.75) is 13.0 Å². The van der Waals surface area contributed by atoms with Gasteiger partial charge < -0.3 is 10.1 Å². The number of hydrogen-bond donors (Lipinski definition) is 1. The Balaban J connectivity index is 1.44. The Labute approximate surface area is 190 Å². The van der Waals surface area contributed by atoms with Crippen LogP contribution >= 0.6 is 23.2 Å². The first-order chi connectivity index (χ1) is 15.1. The predicted molar refractivity (Wildman–Crippen MR) is 120 cm³/mol. The summed E-state index contributed by atoms with van der Waals surface area (Å²) < 4.78 is 5.38. The van der Waals surface area contributed by atoms with Gasteiger partial charge in [0.05, 0.1) is 35.4 Å². The van der Waals surface area contributed by atoms with E-state index in [0.717, 1.165) is 37.7 Å². The van der Waals surface area contributed by atoms with Gasteiger partial charge in [0.25, 0.3) is 0 Å². The van der Waals surface area contributed by atoms with E-state index in [-0.39, 0.29) is 12.2 Å². The van der Waals surface area contributed by atoms with Crippen LogP contribution in [0.4, 0.5) is 11.6 Å². The Hall–Kier alpha value is -2.58. The maximum absolute atomic E-state index is 12.7. The molecular weight excluding hydrogens is 437 g/mol. The topological polar surface area (TPSA) is 80.2 Å². The fourth-order valence-electron chi connectivity index (χ4n) is 3.33. The third kappa shape index (κ3) is 5.77. The van der Waals surface area contributed by atoms with E-state index >= 15 is 0 Å². The molecule has 0 aliphatic carbocycles. The van der Waals surface area contributed by atoms with Crippen LogP contribution < -0.4 is 5.32 Å². The standard InChI is InChI=1S/C22H21Cl2N5O2/c23-16-2-1-3-17(24)22(16)18(30)12-15-4-6-25-20(13-15)27-19-5-7-26-21(28-19)14-29-8-10-31-11-9-29/h1-7,13H,8-12,14H2,(H,25,26,27,28). The van der Waals surface area contributed by atoms with Gasteiger partial charge in [0.1, 0.15) is 17.5 Å². The molecule has 4 rings (SSSR count). The van der Waals surface area contributed by atoms with Crippen molar-refractivity contribution < 1.29 is 9.53 Å². The minimum absolute atomic E-state index is 0.150. The van der Waals surface area contributed by atoms with E-state index in [4.69, 9.17) is 27.9 Å². The molecule has 1 aromatic carbocycles. The van der Waals surface area contributed by atoms with Crippen molar-refractivity contribution in [3.05, 3.63) is 75.8 Å². The number of rotatable bonds is 7. The summed E-state index contributed by atoms with van der Waals surface area (Å²) in [6.45, 7) is 3.86. The molecule has 1 fully saturated rings. The van der Waals surface area contributed by atoms with Crippen LogP contribution in [-0.4, -0.2) is 51.9 Å². The third-order valence-corrected chi connectivity index (χ3v) is 5.49. The predicted octanol–water partition coefficient (Wildman–Crippen LogP) is 4.18. The van der Waals surface area contributed by atoms with E-state index < -0.39 is 0 Å². The van der Waals surface area contributed by atoms with Crippen LogP contribution in [0.2, 0.25) is 10.0 Å². The van der Waals surface area contributed by atoms with Gasteiger partial charge in [-0.1, -0.05) is 29.3 Å². The van der Waals surface area contributed by atoms with E-state index in [2.05, 4.69) is 25.2 Å². The summed E-state index contributed by atoms with van der Waals surface area (Å²) in [5.41, 5.74) is 1.13. The van der Waals surface area contributed by atoms with Crippen LogP contribution in [-0.2, 0) is 17.7 Å². The van der Waals surface area contributed by atoms with Gasteiger partial charge in [-0.2, -0.15) is 0 Å². The molecule has 0 spiro atoms. The fraction of sp³-hybridized carbons (Fsp3) is 0.273. The number of ether oxygens (including phenoxy) is 1. The Bertz CT molecular complexity index is 1050. The first-order valence-corrected chi connectivity index (χ1v) is 10.7. The lowest BCUT2D eigenvalue weighted by Crippen LogP contribution is -2.36. The molecule has 0 unspecified atom stereocenters. The van der Waals surface area contributed by atoms with Crippen molar-refractivity contribution >= 4 is 40.6 Å². The molecule has 0 bridgehead atoms. The smallest absolute Gasteiger partial charge is 0.170 e. The highest BCUT2D eigenvalue weighted by molar-refractivity contribution is 6.39. The number of hydrogen-bond acceptors (Lipinski definition) is 7. The van der Waals surface area contributed by atoms with Gasteiger partial charge in [0.2, 0.25) is 0 Å².